The van der Waals surface area contributed by atoms with Gasteiger partial charge in [0, 0.05) is 31.1 Å². The van der Waals surface area contributed by atoms with Gasteiger partial charge in [-0.2, -0.15) is 11.8 Å². The summed E-state index contributed by atoms with van der Waals surface area (Å²) in [7, 11) is 0. The molecule has 5 nitrogen and oxygen atoms in total. The molecule has 102 valence electrons. The highest BCUT2D eigenvalue weighted by atomic mass is 32.2. The molecule has 18 heavy (non-hydrogen) atoms. The van der Waals surface area contributed by atoms with Gasteiger partial charge in [-0.25, -0.2) is 0 Å². The topological polar surface area (TPSA) is 69.6 Å². The number of amides is 1. The molecule has 2 N–H and O–H groups in total. The van der Waals surface area contributed by atoms with Crippen LogP contribution in [-0.2, 0) is 9.59 Å². The van der Waals surface area contributed by atoms with Crippen molar-refractivity contribution in [3.8, 4) is 0 Å². The van der Waals surface area contributed by atoms with Crippen LogP contribution in [0.5, 0.6) is 0 Å². The van der Waals surface area contributed by atoms with Gasteiger partial charge in [-0.3, -0.25) is 9.59 Å². The van der Waals surface area contributed by atoms with E-state index < -0.39 is 11.4 Å². The number of carbonyl (C=O) groups excluding carboxylic acids is 1. The summed E-state index contributed by atoms with van der Waals surface area (Å²) in [6.45, 7) is 3.67. The van der Waals surface area contributed by atoms with E-state index >= 15 is 0 Å². The molecule has 2 heterocycles. The van der Waals surface area contributed by atoms with E-state index in [0.717, 1.165) is 18.1 Å². The zero-order valence-electron chi connectivity index (χ0n) is 10.6. The van der Waals surface area contributed by atoms with E-state index in [9.17, 15) is 14.7 Å². The van der Waals surface area contributed by atoms with Crippen molar-refractivity contribution in [1.82, 2.24) is 10.2 Å². The maximum absolute atomic E-state index is 12.3. The van der Waals surface area contributed by atoms with Crippen molar-refractivity contribution in [1.29, 1.82) is 0 Å². The Morgan fingerprint density at radius 3 is 2.83 bits per heavy atom. The van der Waals surface area contributed by atoms with E-state index in [0.29, 0.717) is 25.9 Å². The van der Waals surface area contributed by atoms with Crippen LogP contribution in [0.3, 0.4) is 0 Å². The number of carbonyl (C=O) groups is 2. The van der Waals surface area contributed by atoms with Crippen LogP contribution in [0.1, 0.15) is 19.8 Å². The lowest BCUT2D eigenvalue weighted by Gasteiger charge is -2.28. The maximum Gasteiger partial charge on any atom is 0.311 e. The summed E-state index contributed by atoms with van der Waals surface area (Å²) in [5.41, 5.74) is -0.725. The molecule has 2 atom stereocenters. The summed E-state index contributed by atoms with van der Waals surface area (Å²) in [6, 6.07) is -0.134. The Kier molecular flexibility index (Phi) is 4.17. The summed E-state index contributed by atoms with van der Waals surface area (Å²) in [5.74, 6) is 1.13. The molecule has 0 saturated carbocycles. The van der Waals surface area contributed by atoms with Crippen LogP contribution in [0.15, 0.2) is 0 Å². The molecule has 2 aliphatic rings. The van der Waals surface area contributed by atoms with Gasteiger partial charge in [-0.1, -0.05) is 6.92 Å². The molecule has 2 unspecified atom stereocenters. The molecule has 2 aliphatic heterocycles. The highest BCUT2D eigenvalue weighted by molar-refractivity contribution is 7.99. The number of hydrogen-bond donors (Lipinski definition) is 2. The van der Waals surface area contributed by atoms with E-state index in [2.05, 4.69) is 5.32 Å². The first kappa shape index (κ1) is 13.7. The lowest BCUT2D eigenvalue weighted by molar-refractivity contribution is -0.148. The smallest absolute Gasteiger partial charge is 0.311 e. The van der Waals surface area contributed by atoms with E-state index in [1.54, 1.807) is 16.7 Å². The number of nitrogens with zero attached hydrogens (tertiary/aromatic N) is 1. The molecule has 0 aromatic rings. The number of carboxylic acids is 1. The molecule has 0 aromatic heterocycles. The third kappa shape index (κ3) is 2.49. The van der Waals surface area contributed by atoms with Crippen LogP contribution >= 0.6 is 11.8 Å². The van der Waals surface area contributed by atoms with Gasteiger partial charge in [-0.15, -0.1) is 0 Å². The maximum atomic E-state index is 12.3. The van der Waals surface area contributed by atoms with Crippen LogP contribution < -0.4 is 5.32 Å². The first-order valence-electron chi connectivity index (χ1n) is 6.42. The van der Waals surface area contributed by atoms with Crippen molar-refractivity contribution in [2.75, 3.05) is 31.1 Å². The minimum atomic E-state index is -0.772. The molecule has 0 spiro atoms. The Labute approximate surface area is 111 Å². The Hall–Kier alpha value is -0.750. The van der Waals surface area contributed by atoms with Gasteiger partial charge in [0.2, 0.25) is 5.91 Å². The Morgan fingerprint density at radius 2 is 2.33 bits per heavy atom. The lowest BCUT2D eigenvalue weighted by Crippen LogP contribution is -2.50. The molecule has 6 heteroatoms. The van der Waals surface area contributed by atoms with Crippen LogP contribution in [0, 0.1) is 5.41 Å². The number of likely N-dealkylation sites (tertiary alicyclic amines) is 1. The number of nitrogens with one attached hydrogen (secondary N) is 1. The summed E-state index contributed by atoms with van der Waals surface area (Å²) < 4.78 is 0. The zero-order chi connectivity index (χ0) is 13.2. The number of rotatable bonds is 3. The molecule has 0 aromatic carbocycles. The fourth-order valence-corrected chi connectivity index (χ4v) is 3.54. The van der Waals surface area contributed by atoms with Crippen molar-refractivity contribution >= 4 is 23.6 Å². The van der Waals surface area contributed by atoms with E-state index in [-0.39, 0.29) is 11.9 Å². The Morgan fingerprint density at radius 1 is 1.56 bits per heavy atom. The summed E-state index contributed by atoms with van der Waals surface area (Å²) in [5, 5.41) is 12.5. The SMILES string of the molecule is CCC1(C(=O)O)CCN(C(=O)C2CSCCN2)C1. The number of aliphatic carboxylic acids is 1. The van der Waals surface area contributed by atoms with Gasteiger partial charge in [0.15, 0.2) is 0 Å². The van der Waals surface area contributed by atoms with Gasteiger partial charge in [0.25, 0.3) is 0 Å². The van der Waals surface area contributed by atoms with Crippen LogP contribution in [-0.4, -0.2) is 59.1 Å². The quantitative estimate of drug-likeness (QED) is 0.778. The predicted octanol–water partition coefficient (Wildman–Crippen LogP) is 0.405. The van der Waals surface area contributed by atoms with Crippen molar-refractivity contribution in [2.45, 2.75) is 25.8 Å². The van der Waals surface area contributed by atoms with Gasteiger partial charge in [0.05, 0.1) is 11.5 Å². The first-order valence-corrected chi connectivity index (χ1v) is 7.58. The highest BCUT2D eigenvalue weighted by Crippen LogP contribution is 2.34. The summed E-state index contributed by atoms with van der Waals surface area (Å²) >= 11 is 1.78. The molecule has 0 aliphatic carbocycles. The fraction of sp³-hybridized carbons (Fsp3) is 0.833. The third-order valence-corrected chi connectivity index (χ3v) is 5.08. The monoisotopic (exact) mass is 272 g/mol. The van der Waals surface area contributed by atoms with Crippen LogP contribution in [0.4, 0.5) is 0 Å². The minimum absolute atomic E-state index is 0.0683. The second-order valence-electron chi connectivity index (χ2n) is 5.03. The molecule has 2 saturated heterocycles. The third-order valence-electron chi connectivity index (χ3n) is 4.02. The van der Waals surface area contributed by atoms with Crippen molar-refractivity contribution in [3.63, 3.8) is 0 Å². The second-order valence-corrected chi connectivity index (χ2v) is 6.18. The number of thioether (sulfide) groups is 1. The van der Waals surface area contributed by atoms with Crippen molar-refractivity contribution in [2.24, 2.45) is 5.41 Å². The van der Waals surface area contributed by atoms with Crippen LogP contribution in [0.25, 0.3) is 0 Å². The van der Waals surface area contributed by atoms with Gasteiger partial charge in [-0.05, 0) is 12.8 Å². The Bertz CT molecular complexity index is 344. The van der Waals surface area contributed by atoms with Gasteiger partial charge < -0.3 is 15.3 Å². The molecule has 0 radical (unpaired) electrons. The molecule has 2 rings (SSSR count). The highest BCUT2D eigenvalue weighted by Gasteiger charge is 2.45. The lowest BCUT2D eigenvalue weighted by atomic mass is 9.84. The standard InChI is InChI=1S/C12H20N2O3S/c1-2-12(11(16)17)3-5-14(8-12)10(15)9-7-18-6-4-13-9/h9,13H,2-8H2,1H3,(H,16,17). The summed E-state index contributed by atoms with van der Waals surface area (Å²) in [6.07, 6.45) is 1.16. The van der Waals surface area contributed by atoms with E-state index in [4.69, 9.17) is 0 Å². The normalized spacial score (nSPS) is 32.5. The number of hydrogen-bond acceptors (Lipinski definition) is 4. The molecule has 1 amide bonds. The molecular weight excluding hydrogens is 252 g/mol. The molecule has 0 bridgehead atoms. The Balaban J connectivity index is 1.99. The summed E-state index contributed by atoms with van der Waals surface area (Å²) in [4.78, 5) is 25.3. The molecular formula is C12H20N2O3S. The van der Waals surface area contributed by atoms with E-state index in [1.165, 1.54) is 0 Å². The number of carboxylic acid groups (broad SMARTS) is 1. The fourth-order valence-electron chi connectivity index (χ4n) is 2.62. The van der Waals surface area contributed by atoms with Crippen LogP contribution in [0.2, 0.25) is 0 Å². The minimum Gasteiger partial charge on any atom is -0.481 e. The first-order chi connectivity index (χ1) is 8.59. The van der Waals surface area contributed by atoms with E-state index in [1.807, 2.05) is 6.92 Å². The van der Waals surface area contributed by atoms with Crippen molar-refractivity contribution < 1.29 is 14.7 Å². The van der Waals surface area contributed by atoms with Crippen molar-refractivity contribution in [3.05, 3.63) is 0 Å². The van der Waals surface area contributed by atoms with Gasteiger partial charge >= 0.3 is 5.97 Å². The largest absolute Gasteiger partial charge is 0.481 e. The molecule has 2 fully saturated rings. The zero-order valence-corrected chi connectivity index (χ0v) is 11.5. The second kappa shape index (κ2) is 5.48. The average molecular weight is 272 g/mol. The predicted molar refractivity (Wildman–Crippen MR) is 70.7 cm³/mol. The average Bonchev–Trinajstić information content (AvgIpc) is 2.84. The van der Waals surface area contributed by atoms with Gasteiger partial charge in [0.1, 0.15) is 0 Å².